The number of thiazole rings is 1. The van der Waals surface area contributed by atoms with Crippen molar-refractivity contribution in [3.63, 3.8) is 0 Å². The van der Waals surface area contributed by atoms with Gasteiger partial charge in [0, 0.05) is 17.7 Å². The monoisotopic (exact) mass is 363 g/mol. The van der Waals surface area contributed by atoms with Crippen molar-refractivity contribution in [2.45, 2.75) is 32.2 Å². The van der Waals surface area contributed by atoms with Gasteiger partial charge in [0.1, 0.15) is 5.82 Å². The number of nitrogens with two attached hydrogens (primary N) is 1. The summed E-state index contributed by atoms with van der Waals surface area (Å²) < 4.78 is 14.4. The second-order valence-corrected chi connectivity index (χ2v) is 7.97. The van der Waals surface area contributed by atoms with Crippen molar-refractivity contribution in [2.75, 3.05) is 5.75 Å². The minimum Gasteiger partial charge on any atom is -0.379 e. The van der Waals surface area contributed by atoms with Crippen LogP contribution < -0.4 is 5.73 Å². The quantitative estimate of drug-likeness (QED) is 0.842. The van der Waals surface area contributed by atoms with E-state index < -0.39 is 5.54 Å². The number of nitrogens with zero attached hydrogens (tertiary/aromatic N) is 2. The van der Waals surface area contributed by atoms with Crippen LogP contribution in [0, 0.1) is 12.7 Å². The molecule has 4 nitrogen and oxygen atoms in total. The first-order valence-corrected chi connectivity index (χ1v) is 9.46. The Balaban J connectivity index is 1.91. The molecule has 0 amide bonds. The van der Waals surface area contributed by atoms with Crippen molar-refractivity contribution in [1.29, 1.82) is 0 Å². The summed E-state index contributed by atoms with van der Waals surface area (Å²) in [5.41, 5.74) is 8.82. The van der Waals surface area contributed by atoms with E-state index in [1.54, 1.807) is 17.6 Å². The van der Waals surface area contributed by atoms with Gasteiger partial charge in [-0.05, 0) is 38.0 Å². The molecule has 0 fully saturated rings. The third kappa shape index (κ3) is 3.37. The fraction of sp³-hybridized carbons (Fsp3) is 0.353. The maximum absolute atomic E-state index is 14.4. The molecule has 0 bridgehead atoms. The number of ketones is 1. The highest BCUT2D eigenvalue weighted by Gasteiger charge is 2.32. The van der Waals surface area contributed by atoms with E-state index in [1.807, 2.05) is 13.8 Å². The van der Waals surface area contributed by atoms with Crippen molar-refractivity contribution in [1.82, 2.24) is 4.98 Å². The predicted molar refractivity (Wildman–Crippen MR) is 97.3 cm³/mol. The molecule has 0 radical (unpaired) electrons. The predicted octanol–water partition coefficient (Wildman–Crippen LogP) is 3.68. The lowest BCUT2D eigenvalue weighted by molar-refractivity contribution is 0.0996. The van der Waals surface area contributed by atoms with Crippen LogP contribution in [0.15, 0.2) is 28.7 Å². The highest BCUT2D eigenvalue weighted by Crippen LogP contribution is 2.36. The number of carbonyl (C=O) groups is 1. The first-order chi connectivity index (χ1) is 11.4. The average molecular weight is 363 g/mol. The molecular formula is C17H18FN3OS2. The van der Waals surface area contributed by atoms with Gasteiger partial charge >= 0.3 is 0 Å². The number of halogens is 1. The Morgan fingerprint density at radius 3 is 2.92 bits per heavy atom. The minimum absolute atomic E-state index is 0.0000684. The molecule has 1 aromatic carbocycles. The summed E-state index contributed by atoms with van der Waals surface area (Å²) >= 11 is 2.82. The number of rotatable bonds is 4. The first-order valence-electron chi connectivity index (χ1n) is 7.59. The van der Waals surface area contributed by atoms with Crippen LogP contribution in [0.3, 0.4) is 0 Å². The van der Waals surface area contributed by atoms with Crippen LogP contribution in [0.25, 0.3) is 0 Å². The van der Waals surface area contributed by atoms with Crippen molar-refractivity contribution >= 4 is 34.0 Å². The topological polar surface area (TPSA) is 68.3 Å². The maximum Gasteiger partial charge on any atom is 0.179 e. The summed E-state index contributed by atoms with van der Waals surface area (Å²) in [6.07, 6.45) is 0.932. The van der Waals surface area contributed by atoms with Crippen molar-refractivity contribution < 1.29 is 9.18 Å². The SMILES string of the molecule is Cc1ncsc1C(=O)Cc1ccc(F)c([C@]2(C)CCSC(N)=N2)c1. The van der Waals surface area contributed by atoms with Gasteiger partial charge in [0.25, 0.3) is 0 Å². The fourth-order valence-electron chi connectivity index (χ4n) is 2.81. The van der Waals surface area contributed by atoms with Crippen LogP contribution in [-0.4, -0.2) is 21.7 Å². The number of aryl methyl sites for hydroxylation is 1. The Morgan fingerprint density at radius 1 is 1.46 bits per heavy atom. The van der Waals surface area contributed by atoms with Crippen molar-refractivity contribution in [2.24, 2.45) is 10.7 Å². The molecule has 24 heavy (non-hydrogen) atoms. The van der Waals surface area contributed by atoms with Gasteiger partial charge in [-0.2, -0.15) is 0 Å². The number of carbonyl (C=O) groups excluding carboxylic acids is 1. The Hall–Kier alpha value is -1.73. The Bertz CT molecular complexity index is 818. The molecule has 0 unspecified atom stereocenters. The van der Waals surface area contributed by atoms with Gasteiger partial charge in [-0.3, -0.25) is 9.79 Å². The zero-order valence-corrected chi connectivity index (χ0v) is 15.1. The normalized spacial score (nSPS) is 20.7. The van der Waals surface area contributed by atoms with Gasteiger partial charge in [-0.15, -0.1) is 11.3 Å². The van der Waals surface area contributed by atoms with Gasteiger partial charge in [0.05, 0.1) is 21.6 Å². The molecule has 0 spiro atoms. The zero-order valence-electron chi connectivity index (χ0n) is 13.5. The lowest BCUT2D eigenvalue weighted by Crippen LogP contribution is -2.29. The van der Waals surface area contributed by atoms with E-state index in [9.17, 15) is 9.18 Å². The summed E-state index contributed by atoms with van der Waals surface area (Å²) in [6, 6.07) is 4.81. The first kappa shape index (κ1) is 17.1. The Morgan fingerprint density at radius 2 is 2.25 bits per heavy atom. The van der Waals surface area contributed by atoms with E-state index in [4.69, 9.17) is 5.73 Å². The number of benzene rings is 1. The lowest BCUT2D eigenvalue weighted by Gasteiger charge is -2.30. The highest BCUT2D eigenvalue weighted by molar-refractivity contribution is 8.13. The Kier molecular flexibility index (Phi) is 4.73. The molecule has 1 atom stereocenters. The standard InChI is InChI=1S/C17H18FN3OS2/c1-10-15(24-9-20-10)14(22)8-11-3-4-13(18)12(7-11)17(2)5-6-23-16(19)21-17/h3-4,7,9H,5-6,8H2,1-2H3,(H2,19,21)/t17-/m0/s1. The summed E-state index contributed by atoms with van der Waals surface area (Å²) in [4.78, 5) is 21.6. The average Bonchev–Trinajstić information content (AvgIpc) is 2.95. The number of hydrogen-bond donors (Lipinski definition) is 1. The van der Waals surface area contributed by atoms with Crippen molar-refractivity contribution in [3.8, 4) is 0 Å². The third-order valence-corrected chi connectivity index (χ3v) is 5.94. The molecule has 0 saturated heterocycles. The number of aliphatic imine (C=N–C) groups is 1. The number of thioether (sulfide) groups is 1. The number of Topliss-reactive ketones (excluding diaryl/α,β-unsaturated/α-hetero) is 1. The molecule has 0 saturated carbocycles. The fourth-order valence-corrected chi connectivity index (χ4v) is 4.53. The van der Waals surface area contributed by atoms with Gasteiger partial charge in [0.2, 0.25) is 0 Å². The number of amidine groups is 1. The summed E-state index contributed by atoms with van der Waals surface area (Å²) in [5.74, 6) is 0.486. The third-order valence-electron chi connectivity index (χ3n) is 4.17. The molecule has 0 aliphatic carbocycles. The molecule has 126 valence electrons. The van der Waals surface area contributed by atoms with E-state index in [-0.39, 0.29) is 18.0 Å². The number of aromatic nitrogens is 1. The summed E-state index contributed by atoms with van der Waals surface area (Å²) in [6.45, 7) is 3.70. The highest BCUT2D eigenvalue weighted by atomic mass is 32.2. The summed E-state index contributed by atoms with van der Waals surface area (Å²) in [5, 5.41) is 0.477. The molecule has 1 aliphatic heterocycles. The van der Waals surface area contributed by atoms with Gasteiger partial charge in [-0.25, -0.2) is 9.37 Å². The van der Waals surface area contributed by atoms with Crippen LogP contribution in [0.1, 0.15) is 39.8 Å². The molecule has 1 aromatic heterocycles. The van der Waals surface area contributed by atoms with Crippen molar-refractivity contribution in [3.05, 3.63) is 51.2 Å². The second-order valence-electron chi connectivity index (χ2n) is 6.00. The lowest BCUT2D eigenvalue weighted by atomic mass is 9.87. The molecule has 3 rings (SSSR count). The Labute approximate surface area is 148 Å². The van der Waals surface area contributed by atoms with E-state index >= 15 is 0 Å². The summed E-state index contributed by atoms with van der Waals surface area (Å²) in [7, 11) is 0. The van der Waals surface area contributed by atoms with Crippen LogP contribution >= 0.6 is 23.1 Å². The molecule has 1 aliphatic rings. The van der Waals surface area contributed by atoms with E-state index in [1.165, 1.54) is 29.2 Å². The van der Waals surface area contributed by atoms with Crippen LogP contribution in [0.5, 0.6) is 0 Å². The number of hydrogen-bond acceptors (Lipinski definition) is 6. The smallest absolute Gasteiger partial charge is 0.179 e. The largest absolute Gasteiger partial charge is 0.379 e. The van der Waals surface area contributed by atoms with Crippen LogP contribution in [-0.2, 0) is 12.0 Å². The van der Waals surface area contributed by atoms with E-state index in [0.29, 0.717) is 22.0 Å². The molecule has 2 heterocycles. The minimum atomic E-state index is -0.682. The maximum atomic E-state index is 14.4. The zero-order chi connectivity index (χ0) is 17.3. The van der Waals surface area contributed by atoms with Gasteiger partial charge in [-0.1, -0.05) is 17.8 Å². The second kappa shape index (κ2) is 6.64. The van der Waals surface area contributed by atoms with E-state index in [0.717, 1.165) is 17.0 Å². The van der Waals surface area contributed by atoms with E-state index in [2.05, 4.69) is 9.98 Å². The van der Waals surface area contributed by atoms with Crippen LogP contribution in [0.2, 0.25) is 0 Å². The molecule has 2 N–H and O–H groups in total. The molecule has 2 aromatic rings. The van der Waals surface area contributed by atoms with Crippen LogP contribution in [0.4, 0.5) is 4.39 Å². The van der Waals surface area contributed by atoms with Gasteiger partial charge < -0.3 is 5.73 Å². The molecular weight excluding hydrogens is 345 g/mol. The van der Waals surface area contributed by atoms with Gasteiger partial charge in [0.15, 0.2) is 11.0 Å². The molecule has 7 heteroatoms.